The Morgan fingerprint density at radius 3 is 2.75 bits per heavy atom. The Labute approximate surface area is 91.7 Å². The number of hydrazine groups is 1. The van der Waals surface area contributed by atoms with Crippen LogP contribution >= 0.6 is 0 Å². The summed E-state index contributed by atoms with van der Waals surface area (Å²) in [5, 5.41) is 5.08. The van der Waals surface area contributed by atoms with Crippen molar-refractivity contribution in [2.24, 2.45) is 5.73 Å². The van der Waals surface area contributed by atoms with Gasteiger partial charge in [-0.3, -0.25) is 0 Å². The number of nitrogens with two attached hydrogens (primary N) is 1. The van der Waals surface area contributed by atoms with Crippen LogP contribution in [0, 0.1) is 0 Å². The van der Waals surface area contributed by atoms with E-state index >= 15 is 0 Å². The van der Waals surface area contributed by atoms with Gasteiger partial charge in [0.1, 0.15) is 0 Å². The molecule has 0 aromatic rings. The predicted molar refractivity (Wildman–Crippen MR) is 54.2 cm³/mol. The minimum Gasteiger partial charge on any atom is -0.350 e. The zero-order chi connectivity index (χ0) is 12.0. The molecule has 6 N–H and O–H groups in total. The van der Waals surface area contributed by atoms with Gasteiger partial charge in [-0.15, -0.1) is 0 Å². The first kappa shape index (κ1) is 11.9. The number of rotatable bonds is 3. The zero-order valence-corrected chi connectivity index (χ0v) is 8.58. The van der Waals surface area contributed by atoms with Crippen molar-refractivity contribution in [3.8, 4) is 0 Å². The number of hydrogen-bond acceptors (Lipinski definition) is 3. The first-order valence-corrected chi connectivity index (χ1v) is 4.71. The van der Waals surface area contributed by atoms with E-state index in [9.17, 15) is 14.4 Å². The SMILES string of the molecule is NC(=O)NNC(=O)NCCN1CCNC1=O. The van der Waals surface area contributed by atoms with E-state index in [1.54, 1.807) is 4.90 Å². The predicted octanol–water partition coefficient (Wildman–Crippen LogP) is -2.11. The van der Waals surface area contributed by atoms with Crippen LogP contribution in [0.2, 0.25) is 0 Å². The first-order valence-electron chi connectivity index (χ1n) is 4.71. The molecule has 0 saturated carbocycles. The van der Waals surface area contributed by atoms with Crippen molar-refractivity contribution in [2.75, 3.05) is 26.2 Å². The van der Waals surface area contributed by atoms with E-state index in [1.165, 1.54) is 0 Å². The minimum atomic E-state index is -0.853. The second-order valence-corrected chi connectivity index (χ2v) is 3.09. The van der Waals surface area contributed by atoms with Gasteiger partial charge in [0.15, 0.2) is 0 Å². The number of primary amides is 1. The molecule has 0 aliphatic carbocycles. The highest BCUT2D eigenvalue weighted by Gasteiger charge is 2.18. The van der Waals surface area contributed by atoms with Gasteiger partial charge in [-0.25, -0.2) is 25.2 Å². The van der Waals surface area contributed by atoms with Crippen LogP contribution in [0.4, 0.5) is 14.4 Å². The Kier molecular flexibility index (Phi) is 4.18. The molecule has 1 rings (SSSR count). The van der Waals surface area contributed by atoms with Crippen molar-refractivity contribution < 1.29 is 14.4 Å². The largest absolute Gasteiger partial charge is 0.350 e. The van der Waals surface area contributed by atoms with Gasteiger partial charge in [0.2, 0.25) is 0 Å². The lowest BCUT2D eigenvalue weighted by molar-refractivity contribution is 0.214. The number of nitrogens with one attached hydrogen (secondary N) is 4. The van der Waals surface area contributed by atoms with E-state index in [2.05, 4.69) is 10.6 Å². The van der Waals surface area contributed by atoms with Gasteiger partial charge in [-0.2, -0.15) is 0 Å². The molecule has 16 heavy (non-hydrogen) atoms. The van der Waals surface area contributed by atoms with Gasteiger partial charge in [0, 0.05) is 26.2 Å². The van der Waals surface area contributed by atoms with Crippen LogP contribution in [0.25, 0.3) is 0 Å². The number of urea groups is 3. The molecule has 0 aromatic heterocycles. The normalized spacial score (nSPS) is 14.2. The average Bonchev–Trinajstić information content (AvgIpc) is 2.61. The van der Waals surface area contributed by atoms with Crippen molar-refractivity contribution in [3.05, 3.63) is 0 Å². The molecule has 1 saturated heterocycles. The molecule has 1 aliphatic rings. The van der Waals surface area contributed by atoms with Crippen molar-refractivity contribution in [2.45, 2.75) is 0 Å². The van der Waals surface area contributed by atoms with Crippen LogP contribution in [0.5, 0.6) is 0 Å². The standard InChI is InChI=1S/C7H14N6O3/c8-5(14)11-12-6(15)9-1-3-13-4-2-10-7(13)16/h1-4H2,(H,10,16)(H3,8,11,14)(H2,9,12,15). The number of carbonyl (C=O) groups excluding carboxylic acids is 3. The average molecular weight is 230 g/mol. The maximum atomic E-state index is 11.1. The third-order valence-electron chi connectivity index (χ3n) is 1.91. The lowest BCUT2D eigenvalue weighted by Crippen LogP contribution is -2.50. The Morgan fingerprint density at radius 1 is 1.44 bits per heavy atom. The van der Waals surface area contributed by atoms with Crippen LogP contribution in [0.3, 0.4) is 0 Å². The molecule has 1 heterocycles. The number of carbonyl (C=O) groups is 3. The fraction of sp³-hybridized carbons (Fsp3) is 0.571. The highest BCUT2D eigenvalue weighted by molar-refractivity contribution is 5.79. The lowest BCUT2D eigenvalue weighted by atomic mass is 10.5. The van der Waals surface area contributed by atoms with E-state index in [0.29, 0.717) is 26.2 Å². The molecule has 0 aromatic carbocycles. The van der Waals surface area contributed by atoms with Gasteiger partial charge in [0.05, 0.1) is 0 Å². The number of amides is 6. The zero-order valence-electron chi connectivity index (χ0n) is 8.58. The summed E-state index contributed by atoms with van der Waals surface area (Å²) in [6.45, 7) is 1.95. The van der Waals surface area contributed by atoms with Crippen LogP contribution in [0.15, 0.2) is 0 Å². The first-order chi connectivity index (χ1) is 7.59. The monoisotopic (exact) mass is 230 g/mol. The molecule has 9 heteroatoms. The van der Waals surface area contributed by atoms with Crippen molar-refractivity contribution >= 4 is 18.1 Å². The molecule has 6 amide bonds. The minimum absolute atomic E-state index is 0.141. The van der Waals surface area contributed by atoms with E-state index < -0.39 is 12.1 Å². The summed E-state index contributed by atoms with van der Waals surface area (Å²) in [7, 11) is 0. The lowest BCUT2D eigenvalue weighted by Gasteiger charge is -2.14. The molecule has 90 valence electrons. The smallest absolute Gasteiger partial charge is 0.333 e. The Balaban J connectivity index is 2.08. The van der Waals surface area contributed by atoms with Gasteiger partial charge < -0.3 is 21.3 Å². The third kappa shape index (κ3) is 3.90. The second-order valence-electron chi connectivity index (χ2n) is 3.09. The Hall–Kier alpha value is -2.19. The molecule has 9 nitrogen and oxygen atoms in total. The van der Waals surface area contributed by atoms with Crippen LogP contribution in [-0.4, -0.2) is 49.2 Å². The highest BCUT2D eigenvalue weighted by atomic mass is 16.2. The summed E-state index contributed by atoms with van der Waals surface area (Å²) in [6.07, 6.45) is 0. The summed E-state index contributed by atoms with van der Waals surface area (Å²) < 4.78 is 0. The molecular formula is C7H14N6O3. The topological polar surface area (TPSA) is 129 Å². The van der Waals surface area contributed by atoms with Crippen LogP contribution in [-0.2, 0) is 0 Å². The van der Waals surface area contributed by atoms with Crippen molar-refractivity contribution in [1.82, 2.24) is 26.4 Å². The molecule has 0 spiro atoms. The van der Waals surface area contributed by atoms with Crippen molar-refractivity contribution in [1.29, 1.82) is 0 Å². The maximum Gasteiger partial charge on any atom is 0.333 e. The van der Waals surface area contributed by atoms with Crippen LogP contribution < -0.4 is 27.2 Å². The Morgan fingerprint density at radius 2 is 2.19 bits per heavy atom. The summed E-state index contributed by atoms with van der Waals surface area (Å²) >= 11 is 0. The van der Waals surface area contributed by atoms with E-state index in [4.69, 9.17) is 5.73 Å². The summed E-state index contributed by atoms with van der Waals surface area (Å²) in [6, 6.07) is -1.58. The van der Waals surface area contributed by atoms with E-state index in [1.807, 2.05) is 10.9 Å². The number of nitrogens with zero attached hydrogens (tertiary/aromatic N) is 1. The van der Waals surface area contributed by atoms with Gasteiger partial charge in [-0.1, -0.05) is 0 Å². The van der Waals surface area contributed by atoms with Gasteiger partial charge in [-0.05, 0) is 0 Å². The second kappa shape index (κ2) is 5.63. The molecule has 0 bridgehead atoms. The van der Waals surface area contributed by atoms with Gasteiger partial charge in [0.25, 0.3) is 0 Å². The van der Waals surface area contributed by atoms with Crippen LogP contribution in [0.1, 0.15) is 0 Å². The maximum absolute atomic E-state index is 11.1. The fourth-order valence-electron chi connectivity index (χ4n) is 1.19. The summed E-state index contributed by atoms with van der Waals surface area (Å²) in [5.74, 6) is 0. The Bertz CT molecular complexity index is 294. The quantitative estimate of drug-likeness (QED) is 0.356. The highest BCUT2D eigenvalue weighted by Crippen LogP contribution is 1.93. The van der Waals surface area contributed by atoms with Crippen molar-refractivity contribution in [3.63, 3.8) is 0 Å². The molecular weight excluding hydrogens is 216 g/mol. The molecule has 0 radical (unpaired) electrons. The van der Waals surface area contributed by atoms with E-state index in [-0.39, 0.29) is 6.03 Å². The fourth-order valence-corrected chi connectivity index (χ4v) is 1.19. The molecule has 0 unspecified atom stereocenters. The van der Waals surface area contributed by atoms with E-state index in [0.717, 1.165) is 0 Å². The molecule has 0 atom stereocenters. The summed E-state index contributed by atoms with van der Waals surface area (Å²) in [4.78, 5) is 33.9. The third-order valence-corrected chi connectivity index (χ3v) is 1.91. The van der Waals surface area contributed by atoms with Gasteiger partial charge >= 0.3 is 18.1 Å². The summed E-state index contributed by atoms with van der Waals surface area (Å²) in [5.41, 5.74) is 8.67. The molecule has 1 aliphatic heterocycles. The number of hydrogen-bond donors (Lipinski definition) is 5. The molecule has 1 fully saturated rings.